The Morgan fingerprint density at radius 2 is 2.08 bits per heavy atom. The number of imidazole rings is 1. The summed E-state index contributed by atoms with van der Waals surface area (Å²) in [6, 6.07) is -0.248. The SMILES string of the molecule is CNC(=O)NCc1nc2c(N)nc3c(c2n1CCCCO)CCCC3. The number of anilines is 1. The van der Waals surface area contributed by atoms with Crippen LogP contribution in [0.15, 0.2) is 0 Å². The highest BCUT2D eigenvalue weighted by molar-refractivity contribution is 5.89. The largest absolute Gasteiger partial charge is 0.396 e. The first-order valence-electron chi connectivity index (χ1n) is 8.88. The fraction of sp³-hybridized carbons (Fsp3) is 0.588. The van der Waals surface area contributed by atoms with Crippen molar-refractivity contribution in [1.82, 2.24) is 25.2 Å². The predicted octanol–water partition coefficient (Wildman–Crippen LogP) is 1.09. The number of aryl methyl sites for hydroxylation is 3. The van der Waals surface area contributed by atoms with Crippen molar-refractivity contribution in [3.8, 4) is 0 Å². The summed E-state index contributed by atoms with van der Waals surface area (Å²) in [6.45, 7) is 1.22. The summed E-state index contributed by atoms with van der Waals surface area (Å²) in [5, 5.41) is 14.4. The van der Waals surface area contributed by atoms with Crippen LogP contribution in [0.3, 0.4) is 0 Å². The summed E-state index contributed by atoms with van der Waals surface area (Å²) >= 11 is 0. The molecule has 0 radical (unpaired) electrons. The normalized spacial score (nSPS) is 13.7. The Hall–Kier alpha value is -2.35. The summed E-state index contributed by atoms with van der Waals surface area (Å²) in [5.74, 6) is 1.22. The van der Waals surface area contributed by atoms with Crippen LogP contribution in [0, 0.1) is 0 Å². The van der Waals surface area contributed by atoms with Gasteiger partial charge in [-0.05, 0) is 44.1 Å². The number of nitrogen functional groups attached to an aromatic ring is 1. The van der Waals surface area contributed by atoms with Gasteiger partial charge in [-0.15, -0.1) is 0 Å². The highest BCUT2D eigenvalue weighted by Gasteiger charge is 2.22. The standard InChI is InChI=1S/C17H26N6O2/c1-19-17(25)20-10-13-22-14-15(23(13)8-4-5-9-24)11-6-2-3-7-12(11)21-16(14)18/h24H,2-10H2,1H3,(H2,18,21)(H2,19,20,25). The Kier molecular flexibility index (Phi) is 5.37. The minimum absolute atomic E-state index is 0.167. The average Bonchev–Trinajstić information content (AvgIpc) is 2.99. The van der Waals surface area contributed by atoms with Crippen molar-refractivity contribution in [3.63, 3.8) is 0 Å². The number of urea groups is 1. The maximum atomic E-state index is 11.5. The summed E-state index contributed by atoms with van der Waals surface area (Å²) in [7, 11) is 1.58. The van der Waals surface area contributed by atoms with Crippen LogP contribution in [-0.4, -0.2) is 39.3 Å². The van der Waals surface area contributed by atoms with Gasteiger partial charge in [-0.1, -0.05) is 0 Å². The zero-order valence-electron chi connectivity index (χ0n) is 14.6. The Morgan fingerprint density at radius 1 is 1.28 bits per heavy atom. The van der Waals surface area contributed by atoms with Crippen LogP contribution < -0.4 is 16.4 Å². The summed E-state index contributed by atoms with van der Waals surface area (Å²) < 4.78 is 2.14. The topological polar surface area (TPSA) is 118 Å². The first-order chi connectivity index (χ1) is 12.2. The molecule has 0 aromatic carbocycles. The lowest BCUT2D eigenvalue weighted by Gasteiger charge is -2.18. The summed E-state index contributed by atoms with van der Waals surface area (Å²) in [4.78, 5) is 20.8. The summed E-state index contributed by atoms with van der Waals surface area (Å²) in [5.41, 5.74) is 10.3. The Morgan fingerprint density at radius 3 is 2.84 bits per heavy atom. The Balaban J connectivity index is 2.05. The molecule has 0 aliphatic heterocycles. The van der Waals surface area contributed by atoms with Crippen molar-refractivity contribution < 1.29 is 9.90 Å². The number of aliphatic hydroxyl groups is 1. The fourth-order valence-corrected chi connectivity index (χ4v) is 3.46. The minimum atomic E-state index is -0.248. The van der Waals surface area contributed by atoms with Gasteiger partial charge in [0.25, 0.3) is 0 Å². The number of pyridine rings is 1. The first-order valence-corrected chi connectivity index (χ1v) is 8.88. The molecule has 3 rings (SSSR count). The van der Waals surface area contributed by atoms with Gasteiger partial charge in [0.05, 0.1) is 12.1 Å². The molecule has 1 aliphatic rings. The molecule has 2 aromatic rings. The van der Waals surface area contributed by atoms with E-state index in [1.54, 1.807) is 7.05 Å². The highest BCUT2D eigenvalue weighted by Crippen LogP contribution is 2.31. The van der Waals surface area contributed by atoms with Gasteiger partial charge < -0.3 is 26.0 Å². The molecular formula is C17H26N6O2. The third kappa shape index (κ3) is 3.53. The molecule has 0 atom stereocenters. The molecule has 0 unspecified atom stereocenters. The number of hydrogen-bond donors (Lipinski definition) is 4. The molecule has 0 spiro atoms. The Bertz CT molecular complexity index is 770. The van der Waals surface area contributed by atoms with E-state index in [4.69, 9.17) is 10.8 Å². The number of amides is 2. The number of fused-ring (bicyclic) bond motifs is 3. The second-order valence-electron chi connectivity index (χ2n) is 6.37. The van der Waals surface area contributed by atoms with E-state index in [9.17, 15) is 4.79 Å². The van der Waals surface area contributed by atoms with Crippen LogP contribution in [0.25, 0.3) is 11.0 Å². The molecular weight excluding hydrogens is 320 g/mol. The maximum absolute atomic E-state index is 11.5. The number of nitrogens with two attached hydrogens (primary N) is 1. The Labute approximate surface area is 146 Å². The average molecular weight is 346 g/mol. The van der Waals surface area contributed by atoms with Crippen LogP contribution in [0.1, 0.15) is 42.8 Å². The molecule has 8 nitrogen and oxygen atoms in total. The second-order valence-corrected chi connectivity index (χ2v) is 6.37. The second kappa shape index (κ2) is 7.69. The van der Waals surface area contributed by atoms with Crippen LogP contribution >= 0.6 is 0 Å². The third-order valence-electron chi connectivity index (χ3n) is 4.69. The van der Waals surface area contributed by atoms with Crippen LogP contribution in [0.5, 0.6) is 0 Å². The molecule has 5 N–H and O–H groups in total. The quantitative estimate of drug-likeness (QED) is 0.584. The van der Waals surface area contributed by atoms with E-state index in [1.165, 1.54) is 5.56 Å². The monoisotopic (exact) mass is 346 g/mol. The van der Waals surface area contributed by atoms with Gasteiger partial charge in [0.2, 0.25) is 0 Å². The molecule has 2 aromatic heterocycles. The van der Waals surface area contributed by atoms with Crippen molar-refractivity contribution in [2.45, 2.75) is 51.6 Å². The number of hydrogen-bond acceptors (Lipinski definition) is 5. The number of aromatic nitrogens is 3. The number of unbranched alkanes of at least 4 members (excludes halogenated alkanes) is 1. The molecule has 0 bridgehead atoms. The van der Waals surface area contributed by atoms with Crippen molar-refractivity contribution in [2.75, 3.05) is 19.4 Å². The number of rotatable bonds is 6. The van der Waals surface area contributed by atoms with E-state index in [0.717, 1.165) is 67.6 Å². The molecule has 25 heavy (non-hydrogen) atoms. The molecule has 0 saturated carbocycles. The van der Waals surface area contributed by atoms with E-state index in [2.05, 4.69) is 25.2 Å². The molecule has 8 heteroatoms. The van der Waals surface area contributed by atoms with Crippen molar-refractivity contribution >= 4 is 22.9 Å². The molecule has 2 heterocycles. The van der Waals surface area contributed by atoms with Gasteiger partial charge in [-0.3, -0.25) is 0 Å². The molecule has 0 saturated heterocycles. The van der Waals surface area contributed by atoms with E-state index in [-0.39, 0.29) is 12.6 Å². The van der Waals surface area contributed by atoms with Crippen LogP contribution in [0.4, 0.5) is 10.6 Å². The van der Waals surface area contributed by atoms with Crippen LogP contribution in [0.2, 0.25) is 0 Å². The number of carbonyl (C=O) groups is 1. The number of aliphatic hydroxyl groups excluding tert-OH is 1. The smallest absolute Gasteiger partial charge is 0.314 e. The number of nitrogens with one attached hydrogen (secondary N) is 2. The van der Waals surface area contributed by atoms with E-state index < -0.39 is 0 Å². The van der Waals surface area contributed by atoms with Gasteiger partial charge in [0.1, 0.15) is 11.3 Å². The zero-order valence-corrected chi connectivity index (χ0v) is 14.6. The fourth-order valence-electron chi connectivity index (χ4n) is 3.46. The maximum Gasteiger partial charge on any atom is 0.314 e. The predicted molar refractivity (Wildman–Crippen MR) is 96.2 cm³/mol. The van der Waals surface area contributed by atoms with Gasteiger partial charge in [-0.25, -0.2) is 14.8 Å². The van der Waals surface area contributed by atoms with E-state index >= 15 is 0 Å². The number of carbonyl (C=O) groups excluding carboxylic acids is 1. The van der Waals surface area contributed by atoms with E-state index in [0.29, 0.717) is 12.4 Å². The minimum Gasteiger partial charge on any atom is -0.396 e. The van der Waals surface area contributed by atoms with Crippen molar-refractivity contribution in [1.29, 1.82) is 0 Å². The molecule has 136 valence electrons. The summed E-state index contributed by atoms with van der Waals surface area (Å²) in [6.07, 6.45) is 5.77. The van der Waals surface area contributed by atoms with Gasteiger partial charge >= 0.3 is 6.03 Å². The molecule has 0 fully saturated rings. The van der Waals surface area contributed by atoms with Crippen molar-refractivity contribution in [2.24, 2.45) is 0 Å². The zero-order chi connectivity index (χ0) is 17.8. The van der Waals surface area contributed by atoms with Gasteiger partial charge in [0, 0.05) is 25.9 Å². The first kappa shape index (κ1) is 17.5. The highest BCUT2D eigenvalue weighted by atomic mass is 16.3. The van der Waals surface area contributed by atoms with E-state index in [1.807, 2.05) is 0 Å². The van der Waals surface area contributed by atoms with Crippen LogP contribution in [-0.2, 0) is 25.9 Å². The van der Waals surface area contributed by atoms with Crippen molar-refractivity contribution in [3.05, 3.63) is 17.1 Å². The molecule has 1 aliphatic carbocycles. The lowest BCUT2D eigenvalue weighted by atomic mass is 9.95. The number of nitrogens with zero attached hydrogens (tertiary/aromatic N) is 3. The van der Waals surface area contributed by atoms with Gasteiger partial charge in [-0.2, -0.15) is 0 Å². The van der Waals surface area contributed by atoms with Gasteiger partial charge in [0.15, 0.2) is 5.82 Å². The molecule has 2 amide bonds. The lowest BCUT2D eigenvalue weighted by molar-refractivity contribution is 0.242. The third-order valence-corrected chi connectivity index (χ3v) is 4.69. The lowest BCUT2D eigenvalue weighted by Crippen LogP contribution is -2.33.